The van der Waals surface area contributed by atoms with Gasteiger partial charge in [0.1, 0.15) is 6.61 Å². The first kappa shape index (κ1) is 26.7. The number of hydrazone groups is 1. The van der Waals surface area contributed by atoms with Crippen molar-refractivity contribution in [3.8, 4) is 0 Å². The molecule has 1 heterocycles. The summed E-state index contributed by atoms with van der Waals surface area (Å²) in [5.74, 6) is -0.528. The minimum Gasteiger partial charge on any atom is -0.458 e. The van der Waals surface area contributed by atoms with E-state index in [-0.39, 0.29) is 47.9 Å². The van der Waals surface area contributed by atoms with Crippen LogP contribution in [0.5, 0.6) is 0 Å². The normalized spacial score (nSPS) is 43.3. The summed E-state index contributed by atoms with van der Waals surface area (Å²) in [6, 6.07) is 9.48. The zero-order valence-electron chi connectivity index (χ0n) is 22.6. The molecule has 210 valence electrons. The smallest absolute Gasteiger partial charge is 0.331 e. The summed E-state index contributed by atoms with van der Waals surface area (Å²) in [5, 5.41) is 39.5. The second kappa shape index (κ2) is 9.53. The van der Waals surface area contributed by atoms with Gasteiger partial charge in [0.25, 0.3) is 0 Å². The predicted octanol–water partition coefficient (Wildman–Crippen LogP) is 3.04. The van der Waals surface area contributed by atoms with E-state index >= 15 is 0 Å². The van der Waals surface area contributed by atoms with E-state index in [0.29, 0.717) is 38.7 Å². The van der Waals surface area contributed by atoms with Crippen LogP contribution in [0.15, 0.2) is 47.1 Å². The maximum atomic E-state index is 12.6. The molecule has 4 fully saturated rings. The Kier molecular flexibility index (Phi) is 6.51. The summed E-state index contributed by atoms with van der Waals surface area (Å²) in [7, 11) is 0. The van der Waals surface area contributed by atoms with Gasteiger partial charge in [-0.15, -0.1) is 0 Å². The molecule has 1 aliphatic heterocycles. The van der Waals surface area contributed by atoms with Crippen LogP contribution in [0, 0.1) is 28.6 Å². The highest BCUT2D eigenvalue weighted by atomic mass is 16.5. The second-order valence-corrected chi connectivity index (χ2v) is 13.0. The van der Waals surface area contributed by atoms with Gasteiger partial charge in [0.15, 0.2) is 0 Å². The molecular formula is C31H40N2O6. The van der Waals surface area contributed by atoms with Gasteiger partial charge < -0.3 is 20.1 Å². The van der Waals surface area contributed by atoms with Crippen molar-refractivity contribution in [3.05, 3.63) is 47.5 Å². The number of nitrogens with zero attached hydrogens (tertiary/aromatic N) is 1. The number of hydrogen-bond donors (Lipinski definition) is 4. The molecule has 1 aromatic carbocycles. The van der Waals surface area contributed by atoms with Gasteiger partial charge in [-0.2, -0.15) is 5.10 Å². The summed E-state index contributed by atoms with van der Waals surface area (Å²) in [4.78, 5) is 24.5. The summed E-state index contributed by atoms with van der Waals surface area (Å²) >= 11 is 0. The SMILES string of the molecule is C[C@]12CC[C@H]3[C@@H](CC[C@@]4(O)C[C@H](O)CC[C@]34/C=N\NC(=O)Cc3ccccc3)[C@]1(O)CC[C@@H]2C1=CC(=O)OC1. The van der Waals surface area contributed by atoms with Crippen molar-refractivity contribution in [2.45, 2.75) is 88.4 Å². The molecule has 39 heavy (non-hydrogen) atoms. The van der Waals surface area contributed by atoms with Crippen LogP contribution in [0.4, 0.5) is 0 Å². The standard InChI is InChI=1S/C31H40N2O6/c1-28-11-8-24-25(31(28,38)14-10-23(28)21-16-27(36)39-18-21)9-13-30(37)17-22(34)7-12-29(24,30)19-32-33-26(35)15-20-5-3-2-4-6-20/h2-6,16,19,22-25,34,37-38H,7-15,17-18H2,1H3,(H,33,35)/b32-19-/t22-,23-,24+,25-,28-,29+,30-,31-/m1/s1. The molecule has 1 aromatic rings. The molecule has 0 unspecified atom stereocenters. The van der Waals surface area contributed by atoms with Crippen molar-refractivity contribution in [1.29, 1.82) is 0 Å². The number of ether oxygens (including phenoxy) is 1. The molecule has 8 atom stereocenters. The topological polar surface area (TPSA) is 128 Å². The highest BCUT2D eigenvalue weighted by Crippen LogP contribution is 2.70. The van der Waals surface area contributed by atoms with Crippen LogP contribution in [0.1, 0.15) is 70.3 Å². The quantitative estimate of drug-likeness (QED) is 0.260. The van der Waals surface area contributed by atoms with Crippen LogP contribution in [0.2, 0.25) is 0 Å². The molecule has 0 spiro atoms. The molecule has 0 saturated heterocycles. The number of aliphatic hydroxyl groups excluding tert-OH is 1. The average molecular weight is 537 g/mol. The number of esters is 1. The Hall–Kier alpha value is -2.55. The first-order valence-corrected chi connectivity index (χ1v) is 14.5. The zero-order valence-corrected chi connectivity index (χ0v) is 22.6. The second-order valence-electron chi connectivity index (χ2n) is 13.0. The average Bonchev–Trinajstić information content (AvgIpc) is 3.44. The Morgan fingerprint density at radius 1 is 1.08 bits per heavy atom. The molecule has 8 nitrogen and oxygen atoms in total. The Morgan fingerprint density at radius 2 is 1.85 bits per heavy atom. The van der Waals surface area contributed by atoms with Gasteiger partial charge in [0.2, 0.25) is 5.91 Å². The number of aliphatic hydroxyl groups is 3. The lowest BCUT2D eigenvalue weighted by Gasteiger charge is -2.65. The number of fused-ring (bicyclic) bond motifs is 5. The molecule has 4 aliphatic carbocycles. The number of cyclic esters (lactones) is 1. The third-order valence-electron chi connectivity index (χ3n) is 11.3. The van der Waals surface area contributed by atoms with Crippen molar-refractivity contribution in [2.75, 3.05) is 6.61 Å². The lowest BCUT2D eigenvalue weighted by atomic mass is 9.41. The van der Waals surface area contributed by atoms with E-state index < -0.39 is 22.7 Å². The van der Waals surface area contributed by atoms with Gasteiger partial charge in [0.05, 0.1) is 23.7 Å². The van der Waals surface area contributed by atoms with Crippen molar-refractivity contribution >= 4 is 18.1 Å². The van der Waals surface area contributed by atoms with Crippen LogP contribution >= 0.6 is 0 Å². The first-order valence-electron chi connectivity index (χ1n) is 14.5. The van der Waals surface area contributed by atoms with Gasteiger partial charge in [-0.05, 0) is 80.3 Å². The molecule has 1 amide bonds. The Labute approximate surface area is 229 Å². The van der Waals surface area contributed by atoms with E-state index in [2.05, 4.69) is 17.5 Å². The maximum absolute atomic E-state index is 12.6. The molecule has 4 N–H and O–H groups in total. The van der Waals surface area contributed by atoms with Gasteiger partial charge in [0, 0.05) is 29.5 Å². The minimum absolute atomic E-state index is 0.0363. The summed E-state index contributed by atoms with van der Waals surface area (Å²) in [5.41, 5.74) is 1.32. The number of carbonyl (C=O) groups excluding carboxylic acids is 2. The van der Waals surface area contributed by atoms with Crippen molar-refractivity contribution in [3.63, 3.8) is 0 Å². The van der Waals surface area contributed by atoms with Gasteiger partial charge >= 0.3 is 5.97 Å². The Bertz CT molecular complexity index is 1200. The van der Waals surface area contributed by atoms with Crippen molar-refractivity contribution in [1.82, 2.24) is 5.43 Å². The van der Waals surface area contributed by atoms with E-state index in [9.17, 15) is 24.9 Å². The third-order valence-corrected chi connectivity index (χ3v) is 11.3. The fraction of sp³-hybridized carbons (Fsp3) is 0.645. The Balaban J connectivity index is 1.29. The molecule has 0 radical (unpaired) electrons. The highest BCUT2D eigenvalue weighted by Gasteiger charge is 2.71. The molecule has 0 bridgehead atoms. The number of nitrogens with one attached hydrogen (secondary N) is 1. The maximum Gasteiger partial charge on any atom is 0.331 e. The molecule has 5 aliphatic rings. The number of hydrogen-bond acceptors (Lipinski definition) is 7. The first-order chi connectivity index (χ1) is 18.6. The van der Waals surface area contributed by atoms with Crippen LogP contribution in [0.25, 0.3) is 0 Å². The monoisotopic (exact) mass is 536 g/mol. The van der Waals surface area contributed by atoms with Crippen molar-refractivity contribution < 1.29 is 29.6 Å². The van der Waals surface area contributed by atoms with Crippen LogP contribution < -0.4 is 5.43 Å². The van der Waals surface area contributed by atoms with Crippen LogP contribution in [0.3, 0.4) is 0 Å². The zero-order chi connectivity index (χ0) is 27.5. The lowest BCUT2D eigenvalue weighted by Crippen LogP contribution is -2.68. The summed E-state index contributed by atoms with van der Waals surface area (Å²) in [6.07, 6.45) is 8.48. The number of benzene rings is 1. The molecule has 6 rings (SSSR count). The van der Waals surface area contributed by atoms with Gasteiger partial charge in [-0.1, -0.05) is 37.3 Å². The van der Waals surface area contributed by atoms with E-state index in [0.717, 1.165) is 30.4 Å². The molecule has 0 aromatic heterocycles. The molecule has 4 saturated carbocycles. The third kappa shape index (κ3) is 4.09. The van der Waals surface area contributed by atoms with Crippen molar-refractivity contribution in [2.24, 2.45) is 33.7 Å². The highest BCUT2D eigenvalue weighted by molar-refractivity contribution is 5.85. The molecular weight excluding hydrogens is 496 g/mol. The van der Waals surface area contributed by atoms with E-state index in [1.165, 1.54) is 0 Å². The van der Waals surface area contributed by atoms with Crippen LogP contribution in [-0.2, 0) is 20.7 Å². The van der Waals surface area contributed by atoms with E-state index in [1.807, 2.05) is 30.3 Å². The van der Waals surface area contributed by atoms with E-state index in [4.69, 9.17) is 4.74 Å². The van der Waals surface area contributed by atoms with E-state index in [1.54, 1.807) is 12.3 Å². The summed E-state index contributed by atoms with van der Waals surface area (Å²) in [6.45, 7) is 2.47. The largest absolute Gasteiger partial charge is 0.458 e. The van der Waals surface area contributed by atoms with Gasteiger partial charge in [-0.25, -0.2) is 10.2 Å². The predicted molar refractivity (Wildman–Crippen MR) is 144 cm³/mol. The number of rotatable bonds is 5. The minimum atomic E-state index is -1.16. The number of amides is 1. The van der Waals surface area contributed by atoms with Crippen LogP contribution in [-0.4, -0.2) is 57.3 Å². The number of carbonyl (C=O) groups is 2. The fourth-order valence-corrected chi connectivity index (χ4v) is 9.40. The van der Waals surface area contributed by atoms with Gasteiger partial charge in [-0.3, -0.25) is 4.79 Å². The molecule has 8 heteroatoms. The lowest BCUT2D eigenvalue weighted by molar-refractivity contribution is -0.237. The Morgan fingerprint density at radius 3 is 2.59 bits per heavy atom. The summed E-state index contributed by atoms with van der Waals surface area (Å²) < 4.78 is 5.23. The fourth-order valence-electron chi connectivity index (χ4n) is 9.40.